The summed E-state index contributed by atoms with van der Waals surface area (Å²) >= 11 is 0. The third-order valence-corrected chi connectivity index (χ3v) is 5.94. The van der Waals surface area contributed by atoms with E-state index in [-0.39, 0.29) is 22.0 Å². The van der Waals surface area contributed by atoms with Crippen molar-refractivity contribution in [2.24, 2.45) is 0 Å². The van der Waals surface area contributed by atoms with E-state index in [1.165, 1.54) is 42.5 Å². The lowest BCUT2D eigenvalue weighted by Crippen LogP contribution is -2.38. The molecule has 160 valence electrons. The van der Waals surface area contributed by atoms with Gasteiger partial charge in [0.1, 0.15) is 18.2 Å². The van der Waals surface area contributed by atoms with E-state index in [0.717, 1.165) is 18.2 Å². The zero-order chi connectivity index (χ0) is 22.6. The molecule has 0 fully saturated rings. The Kier molecular flexibility index (Phi) is 6.25. The Labute approximate surface area is 175 Å². The van der Waals surface area contributed by atoms with Gasteiger partial charge in [-0.1, -0.05) is 24.3 Å². The molecule has 11 heteroatoms. The molecule has 0 aliphatic heterocycles. The number of anilines is 2. The molecule has 3 aromatic rings. The minimum absolute atomic E-state index is 0.132. The summed E-state index contributed by atoms with van der Waals surface area (Å²) in [5.41, 5.74) is -0.856. The molecule has 0 aromatic heterocycles. The third-order valence-electron chi connectivity index (χ3n) is 4.15. The van der Waals surface area contributed by atoms with Crippen LogP contribution >= 0.6 is 0 Å². The van der Waals surface area contributed by atoms with E-state index in [1.54, 1.807) is 6.07 Å². The molecule has 31 heavy (non-hydrogen) atoms. The van der Waals surface area contributed by atoms with Crippen molar-refractivity contribution < 1.29 is 26.9 Å². The molecule has 0 spiro atoms. The Morgan fingerprint density at radius 2 is 1.71 bits per heavy atom. The van der Waals surface area contributed by atoms with Crippen molar-refractivity contribution in [1.29, 1.82) is 0 Å². The number of hydrogen-bond acceptors (Lipinski definition) is 5. The van der Waals surface area contributed by atoms with Crippen molar-refractivity contribution in [2.45, 2.75) is 4.90 Å². The molecule has 3 rings (SSSR count). The van der Waals surface area contributed by atoms with Crippen LogP contribution in [0.15, 0.2) is 77.7 Å². The Hall–Kier alpha value is -3.86. The number of carbonyl (C=O) groups is 1. The van der Waals surface area contributed by atoms with Crippen LogP contribution in [0.4, 0.5) is 25.8 Å². The number of rotatable bonds is 7. The maximum atomic E-state index is 13.9. The number of sulfonamides is 1. The van der Waals surface area contributed by atoms with Gasteiger partial charge in [0, 0.05) is 18.2 Å². The van der Waals surface area contributed by atoms with E-state index in [0.29, 0.717) is 10.4 Å². The minimum Gasteiger partial charge on any atom is -0.322 e. The van der Waals surface area contributed by atoms with E-state index < -0.39 is 39.0 Å². The molecular formula is C20H15F2N3O5S. The molecule has 1 N–H and O–H groups in total. The Balaban J connectivity index is 1.99. The fourth-order valence-electron chi connectivity index (χ4n) is 2.71. The first kappa shape index (κ1) is 21.8. The minimum atomic E-state index is -4.30. The number of nitrogens with one attached hydrogen (secondary N) is 1. The fraction of sp³-hybridized carbons (Fsp3) is 0.0500. The van der Waals surface area contributed by atoms with Gasteiger partial charge >= 0.3 is 0 Å². The second kappa shape index (κ2) is 8.88. The summed E-state index contributed by atoms with van der Waals surface area (Å²) in [6, 6.07) is 14.4. The summed E-state index contributed by atoms with van der Waals surface area (Å²) in [5, 5.41) is 13.3. The van der Waals surface area contributed by atoms with E-state index in [2.05, 4.69) is 5.32 Å². The maximum Gasteiger partial charge on any atom is 0.271 e. The molecule has 1 amide bonds. The molecule has 0 saturated carbocycles. The lowest BCUT2D eigenvalue weighted by atomic mass is 10.2. The smallest absolute Gasteiger partial charge is 0.271 e. The molecule has 0 heterocycles. The van der Waals surface area contributed by atoms with Crippen molar-refractivity contribution in [3.8, 4) is 0 Å². The highest BCUT2D eigenvalue weighted by Gasteiger charge is 2.28. The topological polar surface area (TPSA) is 110 Å². The molecule has 0 radical (unpaired) electrons. The normalized spacial score (nSPS) is 11.0. The molecule has 0 aliphatic carbocycles. The van der Waals surface area contributed by atoms with Crippen molar-refractivity contribution >= 4 is 33.0 Å². The zero-order valence-corrected chi connectivity index (χ0v) is 16.6. The Morgan fingerprint density at radius 1 is 1.00 bits per heavy atom. The van der Waals surface area contributed by atoms with E-state index in [1.807, 2.05) is 0 Å². The number of carbonyl (C=O) groups excluding carboxylic acids is 1. The molecular weight excluding hydrogens is 432 g/mol. The number of benzene rings is 3. The number of non-ortho nitro benzene ring substituents is 1. The Bertz CT molecular complexity index is 1240. The average molecular weight is 447 g/mol. The second-order valence-corrected chi connectivity index (χ2v) is 8.14. The first-order chi connectivity index (χ1) is 14.7. The van der Waals surface area contributed by atoms with E-state index in [4.69, 9.17) is 0 Å². The summed E-state index contributed by atoms with van der Waals surface area (Å²) in [6.07, 6.45) is 0. The van der Waals surface area contributed by atoms with Gasteiger partial charge in [-0.05, 0) is 30.3 Å². The van der Waals surface area contributed by atoms with Crippen LogP contribution < -0.4 is 9.62 Å². The highest BCUT2D eigenvalue weighted by Crippen LogP contribution is 2.27. The SMILES string of the molecule is O=C(CN(c1cccc([N+](=O)[O-])c1)S(=O)(=O)c1ccccc1)Nc1ccc(F)cc1F. The molecule has 8 nitrogen and oxygen atoms in total. The van der Waals surface area contributed by atoms with Crippen LogP contribution in [0.5, 0.6) is 0 Å². The summed E-state index contributed by atoms with van der Waals surface area (Å²) < 4.78 is 53.9. The first-order valence-electron chi connectivity index (χ1n) is 8.75. The van der Waals surface area contributed by atoms with E-state index in [9.17, 15) is 32.1 Å². The quantitative estimate of drug-likeness (QED) is 0.439. The fourth-order valence-corrected chi connectivity index (χ4v) is 4.14. The van der Waals surface area contributed by atoms with E-state index >= 15 is 0 Å². The second-order valence-electron chi connectivity index (χ2n) is 6.27. The van der Waals surface area contributed by atoms with Crippen LogP contribution in [0, 0.1) is 21.7 Å². The standard InChI is InChI=1S/C20H15F2N3O5S/c21-14-9-10-19(18(22)11-14)23-20(26)13-24(15-5-4-6-16(12-15)25(27)28)31(29,30)17-7-2-1-3-8-17/h1-12H,13H2,(H,23,26). The summed E-state index contributed by atoms with van der Waals surface area (Å²) in [7, 11) is -4.30. The van der Waals surface area contributed by atoms with Crippen molar-refractivity contribution in [2.75, 3.05) is 16.2 Å². The van der Waals surface area contributed by atoms with Gasteiger partial charge in [0.15, 0.2) is 0 Å². The summed E-state index contributed by atoms with van der Waals surface area (Å²) in [4.78, 5) is 22.8. The predicted molar refractivity (Wildman–Crippen MR) is 109 cm³/mol. The number of nitrogens with zero attached hydrogens (tertiary/aromatic N) is 2. The molecule has 0 saturated heterocycles. The molecule has 0 aliphatic rings. The van der Waals surface area contributed by atoms with Crippen LogP contribution in [0.1, 0.15) is 0 Å². The van der Waals surface area contributed by atoms with Crippen LogP contribution in [0.2, 0.25) is 0 Å². The summed E-state index contributed by atoms with van der Waals surface area (Å²) in [6.45, 7) is -0.810. The number of nitro benzene ring substituents is 1. The molecule has 3 aromatic carbocycles. The van der Waals surface area contributed by atoms with Crippen molar-refractivity contribution in [3.05, 3.63) is 94.5 Å². The number of hydrogen-bond donors (Lipinski definition) is 1. The van der Waals surface area contributed by atoms with Crippen LogP contribution in [0.3, 0.4) is 0 Å². The predicted octanol–water partition coefficient (Wildman–Crippen LogP) is 3.71. The Morgan fingerprint density at radius 3 is 2.35 bits per heavy atom. The molecule has 0 atom stereocenters. The average Bonchev–Trinajstić information content (AvgIpc) is 2.74. The van der Waals surface area contributed by atoms with Crippen molar-refractivity contribution in [1.82, 2.24) is 0 Å². The van der Waals surface area contributed by atoms with Gasteiger partial charge in [0.2, 0.25) is 5.91 Å². The number of nitro groups is 1. The molecule has 0 bridgehead atoms. The zero-order valence-electron chi connectivity index (χ0n) is 15.7. The van der Waals surface area contributed by atoms with Gasteiger partial charge in [-0.3, -0.25) is 19.2 Å². The van der Waals surface area contributed by atoms with Crippen LogP contribution in [-0.4, -0.2) is 25.8 Å². The number of amides is 1. The maximum absolute atomic E-state index is 13.9. The van der Waals surface area contributed by atoms with Crippen molar-refractivity contribution in [3.63, 3.8) is 0 Å². The van der Waals surface area contributed by atoms with Crippen LogP contribution in [-0.2, 0) is 14.8 Å². The largest absolute Gasteiger partial charge is 0.322 e. The number of halogens is 2. The van der Waals surface area contributed by atoms with Crippen LogP contribution in [0.25, 0.3) is 0 Å². The first-order valence-corrected chi connectivity index (χ1v) is 10.2. The lowest BCUT2D eigenvalue weighted by Gasteiger charge is -2.24. The molecule has 0 unspecified atom stereocenters. The third kappa shape index (κ3) is 5.01. The lowest BCUT2D eigenvalue weighted by molar-refractivity contribution is -0.384. The van der Waals surface area contributed by atoms with Gasteiger partial charge in [-0.15, -0.1) is 0 Å². The van der Waals surface area contributed by atoms with Gasteiger partial charge in [0.25, 0.3) is 15.7 Å². The monoisotopic (exact) mass is 447 g/mol. The van der Waals surface area contributed by atoms with Gasteiger partial charge < -0.3 is 5.32 Å². The summed E-state index contributed by atoms with van der Waals surface area (Å²) in [5.74, 6) is -2.82. The van der Waals surface area contributed by atoms with Gasteiger partial charge in [-0.2, -0.15) is 0 Å². The highest BCUT2D eigenvalue weighted by atomic mass is 32.2. The van der Waals surface area contributed by atoms with Gasteiger partial charge in [0.05, 0.1) is 21.2 Å². The van der Waals surface area contributed by atoms with Gasteiger partial charge in [-0.25, -0.2) is 17.2 Å². The highest BCUT2D eigenvalue weighted by molar-refractivity contribution is 7.92.